The largest absolute Gasteiger partial charge is 0.507 e. The molecule has 0 radical (unpaired) electrons. The number of methoxy groups -OCH3 is 2. The van der Waals surface area contributed by atoms with Gasteiger partial charge >= 0.3 is 0 Å². The molecular weight excluding hydrogens is 474 g/mol. The Morgan fingerprint density at radius 2 is 1.92 bits per heavy atom. The fourth-order valence-corrected chi connectivity index (χ4v) is 5.05. The lowest BCUT2D eigenvalue weighted by molar-refractivity contribution is -0.139. The van der Waals surface area contributed by atoms with E-state index in [0.717, 1.165) is 11.3 Å². The van der Waals surface area contributed by atoms with Crippen molar-refractivity contribution in [2.24, 2.45) is 0 Å². The molecule has 3 aromatic rings. The number of aryl methyl sites for hydroxylation is 1. The van der Waals surface area contributed by atoms with Gasteiger partial charge in [-0.25, -0.2) is 4.98 Å². The first-order chi connectivity index (χ1) is 17.9. The molecule has 5 rings (SSSR count). The van der Waals surface area contributed by atoms with Crippen molar-refractivity contribution in [1.29, 1.82) is 0 Å². The molecular formula is C28H29N3O6. The molecule has 37 heavy (non-hydrogen) atoms. The first kappa shape index (κ1) is 24.4. The predicted molar refractivity (Wildman–Crippen MR) is 136 cm³/mol. The second-order valence-corrected chi connectivity index (χ2v) is 9.22. The van der Waals surface area contributed by atoms with Gasteiger partial charge in [-0.15, -0.1) is 0 Å². The summed E-state index contributed by atoms with van der Waals surface area (Å²) in [6.07, 6.45) is 6.59. The van der Waals surface area contributed by atoms with Crippen molar-refractivity contribution in [2.75, 3.05) is 20.8 Å². The van der Waals surface area contributed by atoms with Gasteiger partial charge in [0.05, 0.1) is 32.2 Å². The number of nitrogens with zero attached hydrogens (tertiary/aromatic N) is 3. The molecule has 0 spiro atoms. The van der Waals surface area contributed by atoms with Crippen LogP contribution in [0, 0.1) is 0 Å². The van der Waals surface area contributed by atoms with Gasteiger partial charge in [0.2, 0.25) is 0 Å². The van der Waals surface area contributed by atoms with Crippen LogP contribution in [-0.2, 0) is 22.6 Å². The van der Waals surface area contributed by atoms with Gasteiger partial charge in [-0.2, -0.15) is 0 Å². The Labute approximate surface area is 214 Å². The Kier molecular flexibility index (Phi) is 6.60. The summed E-state index contributed by atoms with van der Waals surface area (Å²) in [5.41, 5.74) is 2.11. The van der Waals surface area contributed by atoms with Gasteiger partial charge in [-0.1, -0.05) is 6.07 Å². The minimum Gasteiger partial charge on any atom is -0.507 e. The Morgan fingerprint density at radius 3 is 2.65 bits per heavy atom. The average Bonchev–Trinajstić information content (AvgIpc) is 3.61. The maximum atomic E-state index is 13.4. The van der Waals surface area contributed by atoms with Gasteiger partial charge in [0.15, 0.2) is 11.5 Å². The summed E-state index contributed by atoms with van der Waals surface area (Å²) < 4.78 is 18.5. The van der Waals surface area contributed by atoms with E-state index in [0.29, 0.717) is 48.6 Å². The lowest BCUT2D eigenvalue weighted by Gasteiger charge is -2.26. The molecule has 3 heterocycles. The molecule has 0 unspecified atom stereocenters. The zero-order chi connectivity index (χ0) is 26.1. The summed E-state index contributed by atoms with van der Waals surface area (Å²) >= 11 is 0. The molecule has 2 aliphatic heterocycles. The fraction of sp³-hybridized carbons (Fsp3) is 0.321. The minimum absolute atomic E-state index is 0.0419. The highest BCUT2D eigenvalue weighted by Crippen LogP contribution is 2.42. The number of carbonyl (C=O) groups is 2. The van der Waals surface area contributed by atoms with Crippen molar-refractivity contribution in [3.63, 3.8) is 0 Å². The SMILES string of the molecule is COc1ccc([C@H]2/C(=C(\O)c3ccc4c(c3)C[C@H](C)O4)C(=O)C(=O)N2CCCn2ccnc2)cc1OC. The Morgan fingerprint density at radius 1 is 1.11 bits per heavy atom. The molecule has 1 fully saturated rings. The van der Waals surface area contributed by atoms with Gasteiger partial charge in [0, 0.05) is 37.5 Å². The maximum absolute atomic E-state index is 13.4. The number of ether oxygens (including phenoxy) is 3. The summed E-state index contributed by atoms with van der Waals surface area (Å²) in [5.74, 6) is 0.178. The van der Waals surface area contributed by atoms with E-state index in [1.807, 2.05) is 23.8 Å². The fourth-order valence-electron chi connectivity index (χ4n) is 5.05. The lowest BCUT2D eigenvalue weighted by atomic mass is 9.94. The average molecular weight is 504 g/mol. The second kappa shape index (κ2) is 10.0. The van der Waals surface area contributed by atoms with Crippen molar-refractivity contribution in [2.45, 2.75) is 38.5 Å². The van der Waals surface area contributed by atoms with Crippen LogP contribution >= 0.6 is 0 Å². The normalized spacial score (nSPS) is 20.1. The number of rotatable bonds is 8. The summed E-state index contributed by atoms with van der Waals surface area (Å²) in [7, 11) is 3.06. The van der Waals surface area contributed by atoms with E-state index in [4.69, 9.17) is 14.2 Å². The number of aliphatic hydroxyl groups excluding tert-OH is 1. The highest BCUT2D eigenvalue weighted by atomic mass is 16.5. The maximum Gasteiger partial charge on any atom is 0.295 e. The van der Waals surface area contributed by atoms with Crippen molar-refractivity contribution >= 4 is 17.4 Å². The third-order valence-electron chi connectivity index (χ3n) is 6.81. The summed E-state index contributed by atoms with van der Waals surface area (Å²) in [6, 6.07) is 9.80. The van der Waals surface area contributed by atoms with Crippen LogP contribution in [-0.4, -0.2) is 58.1 Å². The smallest absolute Gasteiger partial charge is 0.295 e. The zero-order valence-corrected chi connectivity index (χ0v) is 21.0. The zero-order valence-electron chi connectivity index (χ0n) is 21.0. The summed E-state index contributed by atoms with van der Waals surface area (Å²) in [4.78, 5) is 32.2. The van der Waals surface area contributed by atoms with Crippen LogP contribution in [0.5, 0.6) is 17.2 Å². The number of hydrogen-bond donors (Lipinski definition) is 1. The molecule has 1 saturated heterocycles. The number of benzene rings is 2. The molecule has 0 bridgehead atoms. The number of amides is 1. The number of imidazole rings is 1. The van der Waals surface area contributed by atoms with Crippen molar-refractivity contribution in [3.05, 3.63) is 77.4 Å². The number of Topliss-reactive ketones (excluding diaryl/α,β-unsaturated/α-hetero) is 1. The summed E-state index contributed by atoms with van der Waals surface area (Å²) in [5, 5.41) is 11.4. The quantitative estimate of drug-likeness (QED) is 0.284. The van der Waals surface area contributed by atoms with Gasteiger partial charge in [0.1, 0.15) is 17.6 Å². The van der Waals surface area contributed by atoms with Crippen LogP contribution in [0.3, 0.4) is 0 Å². The molecule has 2 atom stereocenters. The van der Waals surface area contributed by atoms with Crippen LogP contribution in [0.2, 0.25) is 0 Å². The molecule has 0 aliphatic carbocycles. The number of fused-ring (bicyclic) bond motifs is 1. The molecule has 192 valence electrons. The molecule has 1 aromatic heterocycles. The van der Waals surface area contributed by atoms with E-state index in [1.165, 1.54) is 19.1 Å². The van der Waals surface area contributed by atoms with E-state index in [2.05, 4.69) is 4.98 Å². The molecule has 1 amide bonds. The highest BCUT2D eigenvalue weighted by molar-refractivity contribution is 6.46. The third kappa shape index (κ3) is 4.52. The number of aliphatic hydroxyl groups is 1. The van der Waals surface area contributed by atoms with Gasteiger partial charge in [0.25, 0.3) is 11.7 Å². The van der Waals surface area contributed by atoms with Crippen LogP contribution in [0.4, 0.5) is 0 Å². The predicted octanol–water partition coefficient (Wildman–Crippen LogP) is 3.74. The first-order valence-electron chi connectivity index (χ1n) is 12.2. The monoisotopic (exact) mass is 503 g/mol. The van der Waals surface area contributed by atoms with E-state index >= 15 is 0 Å². The molecule has 1 N–H and O–H groups in total. The highest BCUT2D eigenvalue weighted by Gasteiger charge is 2.46. The van der Waals surface area contributed by atoms with Crippen LogP contribution in [0.25, 0.3) is 5.76 Å². The molecule has 9 nitrogen and oxygen atoms in total. The third-order valence-corrected chi connectivity index (χ3v) is 6.81. The molecule has 9 heteroatoms. The van der Waals surface area contributed by atoms with E-state index in [9.17, 15) is 14.7 Å². The van der Waals surface area contributed by atoms with Crippen molar-refractivity contribution < 1.29 is 28.9 Å². The second-order valence-electron chi connectivity index (χ2n) is 9.22. The van der Waals surface area contributed by atoms with E-state index < -0.39 is 17.7 Å². The van der Waals surface area contributed by atoms with Crippen LogP contribution in [0.15, 0.2) is 60.7 Å². The number of ketones is 1. The molecule has 2 aliphatic rings. The lowest BCUT2D eigenvalue weighted by Crippen LogP contribution is -2.31. The Hall–Kier alpha value is -4.27. The van der Waals surface area contributed by atoms with Crippen LogP contribution < -0.4 is 14.2 Å². The van der Waals surface area contributed by atoms with Crippen LogP contribution in [0.1, 0.15) is 36.1 Å². The van der Waals surface area contributed by atoms with E-state index in [-0.39, 0.29) is 17.4 Å². The number of aromatic nitrogens is 2. The molecule has 2 aromatic carbocycles. The molecule has 0 saturated carbocycles. The van der Waals surface area contributed by atoms with E-state index in [1.54, 1.807) is 42.9 Å². The Balaban J connectivity index is 1.56. The number of hydrogen-bond acceptors (Lipinski definition) is 7. The van der Waals surface area contributed by atoms with Crippen molar-refractivity contribution in [3.8, 4) is 17.2 Å². The standard InChI is InChI=1S/C28H29N3O6/c1-17-13-20-14-19(6-7-21(20)37-17)26(32)24-25(18-5-8-22(35-2)23(15-18)36-3)31(28(34)27(24)33)11-4-10-30-12-9-29-16-30/h5-9,12,14-17,25,32H,4,10-11,13H2,1-3H3/b26-24+/t17-,25-/m0/s1. The van der Waals surface area contributed by atoms with Gasteiger partial charge in [-0.3, -0.25) is 9.59 Å². The summed E-state index contributed by atoms with van der Waals surface area (Å²) in [6.45, 7) is 2.92. The van der Waals surface area contributed by atoms with Gasteiger partial charge in [-0.05, 0) is 54.8 Å². The van der Waals surface area contributed by atoms with Gasteiger partial charge < -0.3 is 28.8 Å². The first-order valence-corrected chi connectivity index (χ1v) is 12.2. The topological polar surface area (TPSA) is 103 Å². The Bertz CT molecular complexity index is 1360. The minimum atomic E-state index is -0.786. The van der Waals surface area contributed by atoms with Crippen molar-refractivity contribution in [1.82, 2.24) is 14.5 Å². The number of likely N-dealkylation sites (tertiary alicyclic amines) is 1. The number of carbonyl (C=O) groups excluding carboxylic acids is 2.